The molecule has 0 radical (unpaired) electrons. The van der Waals surface area contributed by atoms with Gasteiger partial charge in [-0.1, -0.05) is 12.1 Å². The average molecular weight is 373 g/mol. The Balaban J connectivity index is 0.00000144. The molecule has 1 aromatic carbocycles. The van der Waals surface area contributed by atoms with Crippen LogP contribution in [0.1, 0.15) is 25.6 Å². The zero-order chi connectivity index (χ0) is 15.7. The van der Waals surface area contributed by atoms with E-state index in [0.717, 1.165) is 42.8 Å². The summed E-state index contributed by atoms with van der Waals surface area (Å²) in [5.74, 6) is 1.61. The number of aromatic nitrogens is 2. The van der Waals surface area contributed by atoms with Crippen LogP contribution < -0.4 is 5.73 Å². The Morgan fingerprint density at radius 1 is 1.29 bits per heavy atom. The molecule has 1 unspecified atom stereocenters. The third-order valence-electron chi connectivity index (χ3n) is 4.77. The number of halogens is 2. The highest BCUT2D eigenvalue weighted by atomic mass is 35.5. The van der Waals surface area contributed by atoms with Crippen molar-refractivity contribution in [2.24, 2.45) is 11.7 Å². The summed E-state index contributed by atoms with van der Waals surface area (Å²) in [6, 6.07) is 8.18. The van der Waals surface area contributed by atoms with Crippen LogP contribution in [0.2, 0.25) is 0 Å². The molecule has 134 valence electrons. The van der Waals surface area contributed by atoms with E-state index in [0.29, 0.717) is 12.5 Å². The van der Waals surface area contributed by atoms with Crippen LogP contribution in [0.15, 0.2) is 24.3 Å². The Morgan fingerprint density at radius 3 is 2.54 bits per heavy atom. The number of hydrogen-bond acceptors (Lipinski definition) is 3. The van der Waals surface area contributed by atoms with E-state index in [-0.39, 0.29) is 36.8 Å². The minimum absolute atomic E-state index is 0. The lowest BCUT2D eigenvalue weighted by molar-refractivity contribution is -0.133. The minimum atomic E-state index is 0. The first kappa shape index (κ1) is 20.7. The van der Waals surface area contributed by atoms with Crippen molar-refractivity contribution in [3.63, 3.8) is 0 Å². The SMILES string of the molecule is Cc1nc2ccccc2n1CC(=O)N1CCC(C(C)N)CC1.Cl.Cl. The fraction of sp³-hybridized carbons (Fsp3) is 0.529. The minimum Gasteiger partial charge on any atom is -0.341 e. The van der Waals surface area contributed by atoms with Gasteiger partial charge in [0.25, 0.3) is 0 Å². The van der Waals surface area contributed by atoms with E-state index in [4.69, 9.17) is 5.73 Å². The van der Waals surface area contributed by atoms with Gasteiger partial charge < -0.3 is 15.2 Å². The summed E-state index contributed by atoms with van der Waals surface area (Å²) >= 11 is 0. The molecule has 2 aromatic rings. The number of benzene rings is 1. The molecule has 0 aliphatic carbocycles. The second-order valence-electron chi connectivity index (χ2n) is 6.31. The summed E-state index contributed by atoms with van der Waals surface area (Å²) in [6.45, 7) is 6.02. The molecule has 1 fully saturated rings. The maximum atomic E-state index is 12.6. The van der Waals surface area contributed by atoms with Crippen molar-refractivity contribution in [2.45, 2.75) is 39.3 Å². The van der Waals surface area contributed by atoms with Gasteiger partial charge in [0, 0.05) is 19.1 Å². The van der Waals surface area contributed by atoms with E-state index in [1.165, 1.54) is 0 Å². The lowest BCUT2D eigenvalue weighted by Crippen LogP contribution is -2.43. The number of carbonyl (C=O) groups is 1. The van der Waals surface area contributed by atoms with Gasteiger partial charge in [-0.05, 0) is 44.7 Å². The van der Waals surface area contributed by atoms with Crippen molar-refractivity contribution >= 4 is 41.8 Å². The maximum absolute atomic E-state index is 12.6. The standard InChI is InChI=1S/C17H24N4O.2ClH/c1-12(18)14-7-9-20(10-8-14)17(22)11-21-13(2)19-15-5-3-4-6-16(15)21;;/h3-6,12,14H,7-11,18H2,1-2H3;2*1H. The average Bonchev–Trinajstić information content (AvgIpc) is 2.83. The number of hydrogen-bond donors (Lipinski definition) is 1. The fourth-order valence-corrected chi connectivity index (χ4v) is 3.31. The molecule has 0 saturated carbocycles. The van der Waals surface area contributed by atoms with Gasteiger partial charge in [-0.2, -0.15) is 0 Å². The summed E-state index contributed by atoms with van der Waals surface area (Å²) in [5, 5.41) is 0. The summed E-state index contributed by atoms with van der Waals surface area (Å²) in [4.78, 5) is 19.1. The molecule has 1 aliphatic rings. The summed E-state index contributed by atoms with van der Waals surface area (Å²) in [7, 11) is 0. The second kappa shape index (κ2) is 8.70. The van der Waals surface area contributed by atoms with E-state index >= 15 is 0 Å². The van der Waals surface area contributed by atoms with Gasteiger partial charge in [0.2, 0.25) is 5.91 Å². The number of amides is 1. The number of carbonyl (C=O) groups excluding carboxylic acids is 1. The molecule has 3 rings (SSSR count). The molecule has 2 heterocycles. The first-order valence-electron chi connectivity index (χ1n) is 8.01. The zero-order valence-electron chi connectivity index (χ0n) is 14.1. The Morgan fingerprint density at radius 2 is 1.92 bits per heavy atom. The Kier molecular flexibility index (Phi) is 7.52. The fourth-order valence-electron chi connectivity index (χ4n) is 3.31. The number of nitrogens with two attached hydrogens (primary N) is 1. The summed E-state index contributed by atoms with van der Waals surface area (Å²) in [5.41, 5.74) is 7.94. The number of likely N-dealkylation sites (tertiary alicyclic amines) is 1. The van der Waals surface area contributed by atoms with Gasteiger partial charge in [0.1, 0.15) is 12.4 Å². The molecule has 5 nitrogen and oxygen atoms in total. The predicted octanol–water partition coefficient (Wildman–Crippen LogP) is 2.77. The van der Waals surface area contributed by atoms with Crippen LogP contribution in [0.3, 0.4) is 0 Å². The van der Waals surface area contributed by atoms with Crippen LogP contribution in [0.25, 0.3) is 11.0 Å². The molecule has 2 N–H and O–H groups in total. The Hall–Kier alpha value is -1.30. The van der Waals surface area contributed by atoms with Gasteiger partial charge in [-0.25, -0.2) is 4.98 Å². The summed E-state index contributed by atoms with van der Waals surface area (Å²) < 4.78 is 2.01. The highest BCUT2D eigenvalue weighted by molar-refractivity contribution is 5.85. The second-order valence-corrected chi connectivity index (χ2v) is 6.31. The molecule has 0 spiro atoms. The van der Waals surface area contributed by atoms with Crippen LogP contribution in [0.4, 0.5) is 0 Å². The molecule has 0 bridgehead atoms. The third-order valence-corrected chi connectivity index (χ3v) is 4.77. The number of nitrogens with zero attached hydrogens (tertiary/aromatic N) is 3. The van der Waals surface area contributed by atoms with Gasteiger partial charge in [0.05, 0.1) is 11.0 Å². The van der Waals surface area contributed by atoms with Crippen molar-refractivity contribution in [3.05, 3.63) is 30.1 Å². The normalized spacial score (nSPS) is 16.4. The van der Waals surface area contributed by atoms with Crippen LogP contribution in [0.5, 0.6) is 0 Å². The molecule has 24 heavy (non-hydrogen) atoms. The Bertz CT molecular complexity index is 678. The molecule has 1 aromatic heterocycles. The number of rotatable bonds is 3. The smallest absolute Gasteiger partial charge is 0.242 e. The lowest BCUT2D eigenvalue weighted by Gasteiger charge is -2.33. The topological polar surface area (TPSA) is 64.2 Å². The number of para-hydroxylation sites is 2. The van der Waals surface area contributed by atoms with Gasteiger partial charge >= 0.3 is 0 Å². The van der Waals surface area contributed by atoms with Crippen molar-refractivity contribution in [3.8, 4) is 0 Å². The van der Waals surface area contributed by atoms with Crippen molar-refractivity contribution in [1.29, 1.82) is 0 Å². The maximum Gasteiger partial charge on any atom is 0.242 e. The molecule has 1 aliphatic heterocycles. The van der Waals surface area contributed by atoms with Crippen molar-refractivity contribution in [2.75, 3.05) is 13.1 Å². The van der Waals surface area contributed by atoms with Crippen molar-refractivity contribution < 1.29 is 4.79 Å². The molecule has 7 heteroatoms. The van der Waals surface area contributed by atoms with E-state index < -0.39 is 0 Å². The van der Waals surface area contributed by atoms with Crippen molar-refractivity contribution in [1.82, 2.24) is 14.5 Å². The van der Waals surface area contributed by atoms with Gasteiger partial charge in [0.15, 0.2) is 0 Å². The quantitative estimate of drug-likeness (QED) is 0.900. The first-order valence-corrected chi connectivity index (χ1v) is 8.01. The molecular weight excluding hydrogens is 347 g/mol. The van der Waals surface area contributed by atoms with E-state index in [1.54, 1.807) is 0 Å². The van der Waals surface area contributed by atoms with Gasteiger partial charge in [-0.3, -0.25) is 4.79 Å². The van der Waals surface area contributed by atoms with E-state index in [9.17, 15) is 4.79 Å². The third kappa shape index (κ3) is 4.21. The van der Waals surface area contributed by atoms with Crippen LogP contribution in [-0.4, -0.2) is 39.5 Å². The molecule has 1 atom stereocenters. The number of fused-ring (bicyclic) bond motifs is 1. The molecule has 1 amide bonds. The van der Waals surface area contributed by atoms with Crippen LogP contribution >= 0.6 is 24.8 Å². The van der Waals surface area contributed by atoms with Crippen LogP contribution in [0, 0.1) is 12.8 Å². The highest BCUT2D eigenvalue weighted by Crippen LogP contribution is 2.21. The van der Waals surface area contributed by atoms with Crippen LogP contribution in [-0.2, 0) is 11.3 Å². The van der Waals surface area contributed by atoms with E-state index in [2.05, 4.69) is 11.9 Å². The number of aryl methyl sites for hydroxylation is 1. The monoisotopic (exact) mass is 372 g/mol. The number of piperidine rings is 1. The van der Waals surface area contributed by atoms with E-state index in [1.807, 2.05) is 40.7 Å². The zero-order valence-corrected chi connectivity index (χ0v) is 15.8. The summed E-state index contributed by atoms with van der Waals surface area (Å²) in [6.07, 6.45) is 2.01. The lowest BCUT2D eigenvalue weighted by atomic mass is 9.91. The molecular formula is C17H26Cl2N4O. The first-order chi connectivity index (χ1) is 10.6. The van der Waals surface area contributed by atoms with Gasteiger partial charge in [-0.15, -0.1) is 24.8 Å². The highest BCUT2D eigenvalue weighted by Gasteiger charge is 2.25. The number of imidazole rings is 1. The largest absolute Gasteiger partial charge is 0.341 e. The predicted molar refractivity (Wildman–Crippen MR) is 102 cm³/mol. The molecule has 1 saturated heterocycles. The Labute approximate surface area is 155 Å².